The van der Waals surface area contributed by atoms with Crippen LogP contribution in [0.25, 0.3) is 0 Å². The number of hydrogen-bond acceptors (Lipinski definition) is 1. The van der Waals surface area contributed by atoms with E-state index in [1.54, 1.807) is 6.07 Å². The topological polar surface area (TPSA) is 12.0 Å². The van der Waals surface area contributed by atoms with Gasteiger partial charge in [0, 0.05) is 0 Å². The predicted octanol–water partition coefficient (Wildman–Crippen LogP) is 4.49. The SMILES string of the molecule is C[C@@H]1CNCC[C@@H]1c1ccc(C(F)(F)F)c(Cl)c1.Cl. The van der Waals surface area contributed by atoms with E-state index in [1.807, 2.05) is 0 Å². The molecule has 1 heterocycles. The highest BCUT2D eigenvalue weighted by molar-refractivity contribution is 6.31. The molecule has 0 saturated carbocycles. The second-order valence-corrected chi connectivity index (χ2v) is 5.22. The highest BCUT2D eigenvalue weighted by Gasteiger charge is 2.33. The minimum Gasteiger partial charge on any atom is -0.316 e. The highest BCUT2D eigenvalue weighted by atomic mass is 35.5. The van der Waals surface area contributed by atoms with Gasteiger partial charge in [0.15, 0.2) is 0 Å². The molecule has 0 bridgehead atoms. The first kappa shape index (κ1) is 16.6. The molecule has 0 amide bonds. The van der Waals surface area contributed by atoms with Gasteiger partial charge in [-0.25, -0.2) is 0 Å². The standard InChI is InChI=1S/C13H15ClF3N.ClH/c1-8-7-18-5-4-10(8)9-2-3-11(12(14)6-9)13(15,16)17;/h2-3,6,8,10,18H,4-5,7H2,1H3;1H/t8-,10+;/m1./s1. The maximum atomic E-state index is 12.6. The predicted molar refractivity (Wildman–Crippen MR) is 73.1 cm³/mol. The summed E-state index contributed by atoms with van der Waals surface area (Å²) in [5.41, 5.74) is 0.150. The summed E-state index contributed by atoms with van der Waals surface area (Å²) in [6, 6.07) is 4.12. The van der Waals surface area contributed by atoms with Crippen molar-refractivity contribution < 1.29 is 13.2 Å². The van der Waals surface area contributed by atoms with Crippen molar-refractivity contribution in [3.05, 3.63) is 34.3 Å². The first-order chi connectivity index (χ1) is 8.39. The Morgan fingerprint density at radius 3 is 2.53 bits per heavy atom. The summed E-state index contributed by atoms with van der Waals surface area (Å²) < 4.78 is 37.8. The van der Waals surface area contributed by atoms with E-state index >= 15 is 0 Å². The van der Waals surface area contributed by atoms with Crippen molar-refractivity contribution in [3.8, 4) is 0 Å². The second-order valence-electron chi connectivity index (χ2n) is 4.81. The Hall–Kier alpha value is -0.450. The fourth-order valence-electron chi connectivity index (χ4n) is 2.50. The molecule has 19 heavy (non-hydrogen) atoms. The minimum absolute atomic E-state index is 0. The monoisotopic (exact) mass is 313 g/mol. The summed E-state index contributed by atoms with van der Waals surface area (Å²) >= 11 is 5.75. The maximum Gasteiger partial charge on any atom is 0.417 e. The molecule has 0 aromatic heterocycles. The quantitative estimate of drug-likeness (QED) is 0.805. The lowest BCUT2D eigenvalue weighted by Gasteiger charge is -2.30. The Kier molecular flexibility index (Phi) is 5.53. The molecule has 1 aliphatic heterocycles. The van der Waals surface area contributed by atoms with Gasteiger partial charge in [-0.2, -0.15) is 13.2 Å². The van der Waals surface area contributed by atoms with Gasteiger partial charge in [0.2, 0.25) is 0 Å². The Balaban J connectivity index is 0.00000180. The normalized spacial score (nSPS) is 23.8. The van der Waals surface area contributed by atoms with Crippen LogP contribution >= 0.6 is 24.0 Å². The molecule has 1 fully saturated rings. The van der Waals surface area contributed by atoms with Crippen molar-refractivity contribution in [1.82, 2.24) is 5.32 Å². The number of benzene rings is 1. The van der Waals surface area contributed by atoms with E-state index in [4.69, 9.17) is 11.6 Å². The second kappa shape index (κ2) is 6.33. The lowest BCUT2D eigenvalue weighted by atomic mass is 9.82. The van der Waals surface area contributed by atoms with Crippen molar-refractivity contribution in [2.45, 2.75) is 25.4 Å². The lowest BCUT2D eigenvalue weighted by Crippen LogP contribution is -2.33. The van der Waals surface area contributed by atoms with Crippen LogP contribution in [0.1, 0.15) is 30.4 Å². The van der Waals surface area contributed by atoms with E-state index in [0.29, 0.717) is 5.92 Å². The molecule has 1 aliphatic rings. The van der Waals surface area contributed by atoms with Gasteiger partial charge < -0.3 is 5.32 Å². The molecule has 1 aromatic rings. The Bertz CT molecular complexity index is 434. The van der Waals surface area contributed by atoms with Crippen molar-refractivity contribution >= 4 is 24.0 Å². The van der Waals surface area contributed by atoms with E-state index in [1.165, 1.54) is 6.07 Å². The van der Waals surface area contributed by atoms with Crippen molar-refractivity contribution in [2.24, 2.45) is 5.92 Å². The third kappa shape index (κ3) is 3.77. The van der Waals surface area contributed by atoms with Crippen LogP contribution < -0.4 is 5.32 Å². The highest BCUT2D eigenvalue weighted by Crippen LogP contribution is 2.38. The summed E-state index contributed by atoms with van der Waals surface area (Å²) in [4.78, 5) is 0. The van der Waals surface area contributed by atoms with Crippen molar-refractivity contribution in [2.75, 3.05) is 13.1 Å². The van der Waals surface area contributed by atoms with Gasteiger partial charge >= 0.3 is 6.18 Å². The van der Waals surface area contributed by atoms with Gasteiger partial charge in [-0.05, 0) is 49.0 Å². The number of rotatable bonds is 1. The van der Waals surface area contributed by atoms with Crippen molar-refractivity contribution in [1.29, 1.82) is 0 Å². The van der Waals surface area contributed by atoms with Crippen LogP contribution in [0.3, 0.4) is 0 Å². The number of hydrogen-bond donors (Lipinski definition) is 1. The number of halogens is 5. The van der Waals surface area contributed by atoms with E-state index < -0.39 is 11.7 Å². The largest absolute Gasteiger partial charge is 0.417 e. The third-order valence-electron chi connectivity index (χ3n) is 3.51. The maximum absolute atomic E-state index is 12.6. The molecule has 1 saturated heterocycles. The summed E-state index contributed by atoms with van der Waals surface area (Å²) in [5, 5.41) is 3.07. The zero-order valence-corrected chi connectivity index (χ0v) is 12.0. The first-order valence-corrected chi connectivity index (χ1v) is 6.34. The third-order valence-corrected chi connectivity index (χ3v) is 3.82. The number of piperidine rings is 1. The number of nitrogens with one attached hydrogen (secondary N) is 1. The van der Waals surface area contributed by atoms with Gasteiger partial charge in [0.1, 0.15) is 0 Å². The molecule has 108 valence electrons. The van der Waals surface area contributed by atoms with E-state index in [9.17, 15) is 13.2 Å². The summed E-state index contributed by atoms with van der Waals surface area (Å²) in [6.45, 7) is 3.89. The molecule has 6 heteroatoms. The molecule has 0 aliphatic carbocycles. The van der Waals surface area contributed by atoms with E-state index in [-0.39, 0.29) is 23.3 Å². The molecular weight excluding hydrogens is 298 g/mol. The summed E-state index contributed by atoms with van der Waals surface area (Å²) in [5.74, 6) is 0.692. The van der Waals surface area contributed by atoms with E-state index in [2.05, 4.69) is 12.2 Å². The summed E-state index contributed by atoms with van der Waals surface area (Å²) in [7, 11) is 0. The van der Waals surface area contributed by atoms with Gasteiger partial charge in [0.25, 0.3) is 0 Å². The van der Waals surface area contributed by atoms with E-state index in [0.717, 1.165) is 31.1 Å². The fraction of sp³-hybridized carbons (Fsp3) is 0.538. The van der Waals surface area contributed by atoms with Crippen molar-refractivity contribution in [3.63, 3.8) is 0 Å². The molecule has 0 spiro atoms. The van der Waals surface area contributed by atoms with Gasteiger partial charge in [-0.15, -0.1) is 12.4 Å². The van der Waals surface area contributed by atoms with Crippen LogP contribution in [0.5, 0.6) is 0 Å². The summed E-state index contributed by atoms with van der Waals surface area (Å²) in [6.07, 6.45) is -3.45. The van der Waals surface area contributed by atoms with Crippen LogP contribution in [0.15, 0.2) is 18.2 Å². The molecule has 2 atom stereocenters. The van der Waals surface area contributed by atoms with Crippen LogP contribution in [-0.4, -0.2) is 13.1 Å². The van der Waals surface area contributed by atoms with Crippen LogP contribution in [-0.2, 0) is 6.18 Å². The smallest absolute Gasteiger partial charge is 0.316 e. The number of alkyl halides is 3. The Labute approximate surface area is 121 Å². The molecule has 0 unspecified atom stereocenters. The molecule has 1 nitrogen and oxygen atoms in total. The minimum atomic E-state index is -4.38. The average Bonchev–Trinajstić information content (AvgIpc) is 2.27. The molecular formula is C13H16Cl2F3N. The Morgan fingerprint density at radius 1 is 1.32 bits per heavy atom. The Morgan fingerprint density at radius 2 is 2.00 bits per heavy atom. The van der Waals surface area contributed by atoms with Gasteiger partial charge in [0.05, 0.1) is 10.6 Å². The fourth-order valence-corrected chi connectivity index (χ4v) is 2.80. The first-order valence-electron chi connectivity index (χ1n) is 5.97. The van der Waals surface area contributed by atoms with Gasteiger partial charge in [-0.3, -0.25) is 0 Å². The van der Waals surface area contributed by atoms with Crippen LogP contribution in [0, 0.1) is 5.92 Å². The zero-order valence-electron chi connectivity index (χ0n) is 10.4. The van der Waals surface area contributed by atoms with Crippen LogP contribution in [0.2, 0.25) is 5.02 Å². The average molecular weight is 314 g/mol. The molecule has 1 aromatic carbocycles. The van der Waals surface area contributed by atoms with Crippen LogP contribution in [0.4, 0.5) is 13.2 Å². The molecule has 0 radical (unpaired) electrons. The lowest BCUT2D eigenvalue weighted by molar-refractivity contribution is -0.137. The van der Waals surface area contributed by atoms with Gasteiger partial charge in [-0.1, -0.05) is 24.6 Å². The molecule has 1 N–H and O–H groups in total. The zero-order chi connectivity index (χ0) is 13.3. The molecule has 2 rings (SSSR count).